The summed E-state index contributed by atoms with van der Waals surface area (Å²) in [4.78, 5) is 34.9. The van der Waals surface area contributed by atoms with E-state index in [4.69, 9.17) is 33.7 Å². The van der Waals surface area contributed by atoms with Crippen LogP contribution < -0.4 is 9.47 Å². The highest BCUT2D eigenvalue weighted by atomic mass is 32.2. The van der Waals surface area contributed by atoms with Gasteiger partial charge in [0.1, 0.15) is 29.9 Å². The van der Waals surface area contributed by atoms with Crippen molar-refractivity contribution in [2.45, 2.75) is 145 Å². The number of oxime groups is 1. The number of hydrogen-bond acceptors (Lipinski definition) is 14. The number of ether oxygens (including phenoxy) is 5. The molecule has 2 aliphatic carbocycles. The average molecular weight is 1040 g/mol. The number of aliphatic hydroxyl groups excluding tert-OH is 3. The summed E-state index contributed by atoms with van der Waals surface area (Å²) in [5.41, 5.74) is 2.99. The molecule has 15 nitrogen and oxygen atoms in total. The zero-order chi connectivity index (χ0) is 52.5. The molecule has 1 heterocycles. The van der Waals surface area contributed by atoms with E-state index in [0.717, 1.165) is 61.0 Å². The summed E-state index contributed by atoms with van der Waals surface area (Å²) >= 11 is 1.65. The van der Waals surface area contributed by atoms with Crippen molar-refractivity contribution in [1.82, 2.24) is 4.90 Å². The van der Waals surface area contributed by atoms with E-state index in [1.807, 2.05) is 42.7 Å². The van der Waals surface area contributed by atoms with Gasteiger partial charge in [-0.05, 0) is 116 Å². The molecule has 3 aliphatic rings. The normalized spacial score (nSPS) is 21.2. The predicted octanol–water partition coefficient (Wildman–Crippen LogP) is 12.3. The second-order valence-corrected chi connectivity index (χ2v) is 20.5. The zero-order valence-corrected chi connectivity index (χ0v) is 44.6. The average Bonchev–Trinajstić information content (AvgIpc) is 3.41. The molecule has 0 radical (unpaired) electrons. The molecule has 16 heteroatoms. The van der Waals surface area contributed by atoms with E-state index < -0.39 is 28.8 Å². The number of aliphatic hydroxyl groups is 3. The minimum Gasteiger partial charge on any atom is -0.459 e. The highest BCUT2D eigenvalue weighted by molar-refractivity contribution is 7.98. The molecule has 3 aromatic rings. The molecular weight excluding hydrogens is 963 g/mol. The second-order valence-electron chi connectivity index (χ2n) is 19.6. The summed E-state index contributed by atoms with van der Waals surface area (Å²) in [6.07, 6.45) is 21.2. The number of nitro benzene ring substituents is 1. The van der Waals surface area contributed by atoms with E-state index in [-0.39, 0.29) is 89.3 Å². The van der Waals surface area contributed by atoms with E-state index in [0.29, 0.717) is 47.8 Å². The number of rotatable bonds is 35. The van der Waals surface area contributed by atoms with Crippen LogP contribution in [0.25, 0.3) is 0 Å². The summed E-state index contributed by atoms with van der Waals surface area (Å²) in [5, 5.41) is 46.2. The number of fused-ring (bicyclic) bond motifs is 2. The van der Waals surface area contributed by atoms with Gasteiger partial charge in [0.25, 0.3) is 5.69 Å². The SMILES string of the molecule is C=CCO[C@@]12Oc3ccc(Oc4ccc(SC)cc4)cc3[C@H]3[C@H](CCCCO)[C@@H](CCCCO)C=C(C(=NOCc4ccc([N+](=O)[O-])cc4)C[C@@H]1N(CCOCCO)C(=O)OCCCCCCCCCCCC)[C@H]32. The van der Waals surface area contributed by atoms with Crippen LogP contribution in [0, 0.1) is 27.9 Å². The number of amides is 1. The fourth-order valence-electron chi connectivity index (χ4n) is 10.9. The second kappa shape index (κ2) is 31.2. The van der Waals surface area contributed by atoms with E-state index >= 15 is 0 Å². The lowest BCUT2D eigenvalue weighted by Gasteiger charge is -2.59. The maximum atomic E-state index is 14.9. The number of thioether (sulfide) groups is 1. The number of benzene rings is 3. The van der Waals surface area contributed by atoms with Gasteiger partial charge in [0.05, 0.1) is 49.6 Å². The molecule has 74 heavy (non-hydrogen) atoms. The number of nitro groups is 1. The van der Waals surface area contributed by atoms with Crippen LogP contribution in [0.2, 0.25) is 0 Å². The van der Waals surface area contributed by atoms with Crippen molar-refractivity contribution in [3.8, 4) is 17.2 Å². The third-order valence-corrected chi connectivity index (χ3v) is 15.3. The smallest absolute Gasteiger partial charge is 0.410 e. The van der Waals surface area contributed by atoms with Gasteiger partial charge >= 0.3 is 6.09 Å². The van der Waals surface area contributed by atoms with Crippen LogP contribution >= 0.6 is 11.8 Å². The van der Waals surface area contributed by atoms with Crippen LogP contribution in [0.5, 0.6) is 17.2 Å². The minimum atomic E-state index is -1.54. The zero-order valence-electron chi connectivity index (χ0n) is 43.7. The third kappa shape index (κ3) is 16.0. The number of hydrogen-bond donors (Lipinski definition) is 3. The molecule has 3 aromatic carbocycles. The van der Waals surface area contributed by atoms with Crippen molar-refractivity contribution in [3.63, 3.8) is 0 Å². The fourth-order valence-corrected chi connectivity index (χ4v) is 11.3. The molecule has 0 bridgehead atoms. The first-order valence-electron chi connectivity index (χ1n) is 27.1. The van der Waals surface area contributed by atoms with Gasteiger partial charge in [0, 0.05) is 54.7 Å². The van der Waals surface area contributed by atoms with E-state index in [9.17, 15) is 30.2 Å². The molecule has 3 N–H and O–H groups in total. The molecule has 6 rings (SSSR count). The Morgan fingerprint density at radius 1 is 0.865 bits per heavy atom. The maximum absolute atomic E-state index is 14.9. The number of allylic oxidation sites excluding steroid dienone is 1. The number of carbonyl (C=O) groups is 1. The van der Waals surface area contributed by atoms with Gasteiger partial charge in [0.15, 0.2) is 0 Å². The molecule has 1 fully saturated rings. The molecule has 406 valence electrons. The Morgan fingerprint density at radius 3 is 2.22 bits per heavy atom. The van der Waals surface area contributed by atoms with Gasteiger partial charge in [-0.15, -0.1) is 18.3 Å². The van der Waals surface area contributed by atoms with Crippen LogP contribution in [0.3, 0.4) is 0 Å². The molecule has 0 unspecified atom stereocenters. The van der Waals surface area contributed by atoms with E-state index in [1.165, 1.54) is 50.7 Å². The van der Waals surface area contributed by atoms with Crippen LogP contribution in [0.15, 0.2) is 101 Å². The van der Waals surface area contributed by atoms with Crippen molar-refractivity contribution in [2.75, 3.05) is 59.0 Å². The summed E-state index contributed by atoms with van der Waals surface area (Å²) in [5.74, 6) is -0.574. The highest BCUT2D eigenvalue weighted by Gasteiger charge is 2.65. The standard InChI is InChI=1S/C58H81N3O12S/c1-4-6-7-8-9-10-11-12-13-18-36-69-57(65)60(31-37-68-38-34-64)54-41-52(59-71-42-43-21-23-45(24-22-43)61(66)67)50-39-44(19-14-16-32-62)49(20-15-17-33-63)55-51-40-47(72-46-25-28-48(74-3)29-26-46)27-30-53(51)73-58(54,56(50)55)70-35-5-2/h5,21-30,39-40,44,49,54-56,62-64H,2,4,6-20,31-38,41-42H2,1,3H3/t44-,49+,54-,55+,56+,58+/m0/s1. The van der Waals surface area contributed by atoms with E-state index in [2.05, 4.69) is 25.6 Å². The summed E-state index contributed by atoms with van der Waals surface area (Å²) in [7, 11) is 0. The Balaban J connectivity index is 1.46. The Kier molecular flexibility index (Phi) is 24.6. The first kappa shape index (κ1) is 58.3. The lowest BCUT2D eigenvalue weighted by atomic mass is 9.55. The van der Waals surface area contributed by atoms with Gasteiger partial charge < -0.3 is 43.8 Å². The van der Waals surface area contributed by atoms with Gasteiger partial charge in [-0.2, -0.15) is 0 Å². The fraction of sp³-hybridized carbons (Fsp3) is 0.586. The maximum Gasteiger partial charge on any atom is 0.410 e. The monoisotopic (exact) mass is 1040 g/mol. The van der Waals surface area contributed by atoms with Crippen LogP contribution in [0.4, 0.5) is 10.5 Å². The Bertz CT molecular complexity index is 2240. The quantitative estimate of drug-likeness (QED) is 0.0166. The Labute approximate surface area is 442 Å². The highest BCUT2D eigenvalue weighted by Crippen LogP contribution is 2.62. The molecule has 1 amide bonds. The van der Waals surface area contributed by atoms with Gasteiger partial charge in [-0.3, -0.25) is 15.0 Å². The molecule has 0 aromatic heterocycles. The van der Waals surface area contributed by atoms with Gasteiger partial charge in [0.2, 0.25) is 5.79 Å². The molecule has 1 aliphatic heterocycles. The van der Waals surface area contributed by atoms with E-state index in [1.54, 1.807) is 34.9 Å². The molecule has 0 spiro atoms. The molecule has 0 saturated heterocycles. The predicted molar refractivity (Wildman–Crippen MR) is 289 cm³/mol. The van der Waals surface area contributed by atoms with Crippen molar-refractivity contribution in [2.24, 2.45) is 22.9 Å². The lowest BCUT2D eigenvalue weighted by molar-refractivity contribution is -0.384. The summed E-state index contributed by atoms with van der Waals surface area (Å²) in [6.45, 7) is 6.79. The van der Waals surface area contributed by atoms with Gasteiger partial charge in [-0.1, -0.05) is 94.9 Å². The van der Waals surface area contributed by atoms with Crippen LogP contribution in [0.1, 0.15) is 133 Å². The molecular formula is C58H81N3O12S. The third-order valence-electron chi connectivity index (χ3n) is 14.5. The number of nitrogens with zero attached hydrogens (tertiary/aromatic N) is 3. The van der Waals surface area contributed by atoms with Crippen molar-refractivity contribution in [1.29, 1.82) is 0 Å². The number of non-ortho nitro benzene ring substituents is 1. The van der Waals surface area contributed by atoms with Crippen molar-refractivity contribution in [3.05, 3.63) is 112 Å². The minimum absolute atomic E-state index is 0.00589. The first-order chi connectivity index (χ1) is 36.2. The first-order valence-corrected chi connectivity index (χ1v) is 28.3. The summed E-state index contributed by atoms with van der Waals surface area (Å²) in [6, 6.07) is 19.1. The largest absolute Gasteiger partial charge is 0.459 e. The lowest BCUT2D eigenvalue weighted by Crippen LogP contribution is -2.70. The Morgan fingerprint density at radius 2 is 1.55 bits per heavy atom. The Hall–Kier alpha value is -4.97. The van der Waals surface area contributed by atoms with Crippen molar-refractivity contribution >= 4 is 29.3 Å². The number of carbonyl (C=O) groups excluding carboxylic acids is 1. The van der Waals surface area contributed by atoms with Gasteiger partial charge in [-0.25, -0.2) is 4.79 Å². The van der Waals surface area contributed by atoms with Crippen LogP contribution in [-0.4, -0.2) is 108 Å². The summed E-state index contributed by atoms with van der Waals surface area (Å²) < 4.78 is 33.2. The number of unbranched alkanes of at least 4 members (excludes halogenated alkanes) is 11. The topological polar surface area (TPSA) is 192 Å². The van der Waals surface area contributed by atoms with Crippen molar-refractivity contribution < 1.29 is 53.6 Å². The molecule has 6 atom stereocenters. The van der Waals surface area contributed by atoms with Crippen LogP contribution in [-0.2, 0) is 25.7 Å². The molecule has 1 saturated carbocycles.